The van der Waals surface area contributed by atoms with Crippen LogP contribution in [0.4, 0.5) is 0 Å². The number of amides is 1. The van der Waals surface area contributed by atoms with Gasteiger partial charge in [-0.05, 0) is 39.0 Å². The van der Waals surface area contributed by atoms with E-state index < -0.39 is 0 Å². The van der Waals surface area contributed by atoms with Crippen molar-refractivity contribution < 1.29 is 14.3 Å². The van der Waals surface area contributed by atoms with Gasteiger partial charge >= 0.3 is 0 Å². The Balaban J connectivity index is 2.34. The van der Waals surface area contributed by atoms with E-state index in [1.54, 1.807) is 14.2 Å². The zero-order chi connectivity index (χ0) is 17.0. The van der Waals surface area contributed by atoms with E-state index in [0.717, 1.165) is 22.8 Å². The highest BCUT2D eigenvalue weighted by molar-refractivity contribution is 5.96. The fourth-order valence-electron chi connectivity index (χ4n) is 2.73. The van der Waals surface area contributed by atoms with Gasteiger partial charge in [0.25, 0.3) is 5.91 Å². The van der Waals surface area contributed by atoms with Crippen LogP contribution >= 0.6 is 0 Å². The highest BCUT2D eigenvalue weighted by atomic mass is 16.5. The molecule has 1 atom stereocenters. The summed E-state index contributed by atoms with van der Waals surface area (Å²) in [5.41, 5.74) is 3.55. The van der Waals surface area contributed by atoms with Crippen molar-refractivity contribution in [2.24, 2.45) is 0 Å². The fraction of sp³-hybridized carbons (Fsp3) is 0.389. The van der Waals surface area contributed by atoms with Gasteiger partial charge in [0.05, 0.1) is 19.3 Å². The Hall–Kier alpha value is -2.27. The average molecular weight is 316 g/mol. The molecule has 0 saturated carbocycles. The maximum absolute atomic E-state index is 12.5. The van der Waals surface area contributed by atoms with Crippen LogP contribution in [0.5, 0.6) is 5.75 Å². The minimum Gasteiger partial charge on any atom is -0.497 e. The van der Waals surface area contributed by atoms with Gasteiger partial charge in [-0.3, -0.25) is 4.79 Å². The quantitative estimate of drug-likeness (QED) is 0.891. The molecule has 1 aromatic carbocycles. The van der Waals surface area contributed by atoms with Gasteiger partial charge in [-0.1, -0.05) is 6.07 Å². The third-order valence-electron chi connectivity index (χ3n) is 3.78. The maximum atomic E-state index is 12.5. The van der Waals surface area contributed by atoms with E-state index in [0.29, 0.717) is 12.2 Å². The largest absolute Gasteiger partial charge is 0.497 e. The van der Waals surface area contributed by atoms with E-state index >= 15 is 0 Å². The number of rotatable bonds is 6. The Morgan fingerprint density at radius 3 is 2.65 bits per heavy atom. The predicted octanol–water partition coefficient (Wildman–Crippen LogP) is 2.87. The first-order chi connectivity index (χ1) is 11.0. The van der Waals surface area contributed by atoms with E-state index in [9.17, 15) is 4.79 Å². The van der Waals surface area contributed by atoms with Gasteiger partial charge in [-0.2, -0.15) is 0 Å². The van der Waals surface area contributed by atoms with Crippen molar-refractivity contribution in [3.63, 3.8) is 0 Å². The summed E-state index contributed by atoms with van der Waals surface area (Å²) in [4.78, 5) is 12.5. The first-order valence-electron chi connectivity index (χ1n) is 7.61. The molecule has 0 aliphatic carbocycles. The Kier molecular flexibility index (Phi) is 5.45. The summed E-state index contributed by atoms with van der Waals surface area (Å²) in [6.07, 6.45) is 0. The Morgan fingerprint density at radius 2 is 2.00 bits per heavy atom. The van der Waals surface area contributed by atoms with E-state index in [1.807, 2.05) is 51.1 Å². The Bertz CT molecular complexity index is 692. The molecule has 1 heterocycles. The molecule has 2 aromatic rings. The molecule has 1 aromatic heterocycles. The third-order valence-corrected chi connectivity index (χ3v) is 3.78. The fourth-order valence-corrected chi connectivity index (χ4v) is 2.73. The zero-order valence-corrected chi connectivity index (χ0v) is 14.3. The lowest BCUT2D eigenvalue weighted by atomic mass is 10.2. The standard InChI is InChI=1S/C18H24N2O3/c1-12(11-22-4)19-18(21)17-9-13(2)20(14(17)3)15-7-6-8-16(10-15)23-5/h6-10,12H,11H2,1-5H3,(H,19,21)/t12-/m0/s1. The highest BCUT2D eigenvalue weighted by Crippen LogP contribution is 2.23. The number of carbonyl (C=O) groups is 1. The number of carbonyl (C=O) groups excluding carboxylic acids is 1. The number of benzene rings is 1. The normalized spacial score (nSPS) is 12.0. The number of hydrogen-bond acceptors (Lipinski definition) is 3. The molecule has 1 amide bonds. The number of methoxy groups -OCH3 is 2. The summed E-state index contributed by atoms with van der Waals surface area (Å²) >= 11 is 0. The molecule has 23 heavy (non-hydrogen) atoms. The second kappa shape index (κ2) is 7.33. The van der Waals surface area contributed by atoms with Crippen molar-refractivity contribution in [3.05, 3.63) is 47.3 Å². The van der Waals surface area contributed by atoms with Crippen LogP contribution in [0.1, 0.15) is 28.7 Å². The summed E-state index contributed by atoms with van der Waals surface area (Å²) in [6, 6.07) is 9.66. The van der Waals surface area contributed by atoms with Crippen molar-refractivity contribution in [2.45, 2.75) is 26.8 Å². The van der Waals surface area contributed by atoms with Crippen LogP contribution in [0.3, 0.4) is 0 Å². The molecule has 0 spiro atoms. The molecule has 0 unspecified atom stereocenters. The van der Waals surface area contributed by atoms with Crippen molar-refractivity contribution in [1.82, 2.24) is 9.88 Å². The van der Waals surface area contributed by atoms with Crippen LogP contribution in [0, 0.1) is 13.8 Å². The second-order valence-corrected chi connectivity index (χ2v) is 5.65. The van der Waals surface area contributed by atoms with Crippen molar-refractivity contribution >= 4 is 5.91 Å². The second-order valence-electron chi connectivity index (χ2n) is 5.65. The summed E-state index contributed by atoms with van der Waals surface area (Å²) in [5.74, 6) is 0.700. The van der Waals surface area contributed by atoms with Crippen LogP contribution in [-0.4, -0.2) is 37.3 Å². The van der Waals surface area contributed by atoms with Gasteiger partial charge in [0, 0.05) is 36.3 Å². The zero-order valence-electron chi connectivity index (χ0n) is 14.3. The summed E-state index contributed by atoms with van der Waals surface area (Å²) in [6.45, 7) is 6.34. The third kappa shape index (κ3) is 3.74. The number of hydrogen-bond donors (Lipinski definition) is 1. The molecule has 1 N–H and O–H groups in total. The van der Waals surface area contributed by atoms with E-state index in [1.165, 1.54) is 0 Å². The number of aryl methyl sites for hydroxylation is 1. The number of ether oxygens (including phenoxy) is 2. The van der Waals surface area contributed by atoms with Gasteiger partial charge < -0.3 is 19.4 Å². The average Bonchev–Trinajstić information content (AvgIpc) is 2.82. The lowest BCUT2D eigenvalue weighted by Crippen LogP contribution is -2.35. The molecule has 5 heteroatoms. The number of aromatic nitrogens is 1. The molecule has 5 nitrogen and oxygen atoms in total. The van der Waals surface area contributed by atoms with Gasteiger partial charge in [0.1, 0.15) is 5.75 Å². The molecule has 124 valence electrons. The minimum absolute atomic E-state index is 0.0348. The van der Waals surface area contributed by atoms with E-state index in [4.69, 9.17) is 9.47 Å². The highest BCUT2D eigenvalue weighted by Gasteiger charge is 2.18. The van der Waals surface area contributed by atoms with Crippen molar-refractivity contribution in [2.75, 3.05) is 20.8 Å². The van der Waals surface area contributed by atoms with Crippen LogP contribution in [0.2, 0.25) is 0 Å². The Labute approximate surface area is 137 Å². The van der Waals surface area contributed by atoms with E-state index in [2.05, 4.69) is 9.88 Å². The van der Waals surface area contributed by atoms with Crippen molar-refractivity contribution in [1.29, 1.82) is 0 Å². The summed E-state index contributed by atoms with van der Waals surface area (Å²) in [7, 11) is 3.27. The smallest absolute Gasteiger partial charge is 0.253 e. The lowest BCUT2D eigenvalue weighted by molar-refractivity contribution is 0.0905. The van der Waals surface area contributed by atoms with Gasteiger partial charge in [-0.25, -0.2) is 0 Å². The van der Waals surface area contributed by atoms with E-state index in [-0.39, 0.29) is 11.9 Å². The number of nitrogens with one attached hydrogen (secondary N) is 1. The molecule has 2 rings (SSSR count). The monoisotopic (exact) mass is 316 g/mol. The molecule has 0 saturated heterocycles. The van der Waals surface area contributed by atoms with Crippen LogP contribution in [-0.2, 0) is 4.74 Å². The predicted molar refractivity (Wildman–Crippen MR) is 90.6 cm³/mol. The summed E-state index contributed by atoms with van der Waals surface area (Å²) < 4.78 is 12.4. The number of nitrogens with zero attached hydrogens (tertiary/aromatic N) is 1. The molecular formula is C18H24N2O3. The van der Waals surface area contributed by atoms with Gasteiger partial charge in [0.15, 0.2) is 0 Å². The lowest BCUT2D eigenvalue weighted by Gasteiger charge is -2.13. The van der Waals surface area contributed by atoms with Crippen LogP contribution < -0.4 is 10.1 Å². The Morgan fingerprint density at radius 1 is 1.26 bits per heavy atom. The maximum Gasteiger partial charge on any atom is 0.253 e. The first kappa shape index (κ1) is 17.1. The molecule has 0 radical (unpaired) electrons. The van der Waals surface area contributed by atoms with Gasteiger partial charge in [0.2, 0.25) is 0 Å². The topological polar surface area (TPSA) is 52.5 Å². The molecule has 0 bridgehead atoms. The molecule has 0 aliphatic heterocycles. The van der Waals surface area contributed by atoms with Gasteiger partial charge in [-0.15, -0.1) is 0 Å². The van der Waals surface area contributed by atoms with Crippen LogP contribution in [0.25, 0.3) is 5.69 Å². The molecule has 0 fully saturated rings. The molecule has 0 aliphatic rings. The van der Waals surface area contributed by atoms with Crippen LogP contribution in [0.15, 0.2) is 30.3 Å². The first-order valence-corrected chi connectivity index (χ1v) is 7.61. The summed E-state index contributed by atoms with van der Waals surface area (Å²) in [5, 5.41) is 2.95. The molecular weight excluding hydrogens is 292 g/mol. The SMILES string of the molecule is COC[C@H](C)NC(=O)c1cc(C)n(-c2cccc(OC)c2)c1C. The van der Waals surface area contributed by atoms with Crippen molar-refractivity contribution in [3.8, 4) is 11.4 Å². The minimum atomic E-state index is -0.0863.